The minimum atomic E-state index is -0.363. The summed E-state index contributed by atoms with van der Waals surface area (Å²) in [6.45, 7) is 2.70. The van der Waals surface area contributed by atoms with Gasteiger partial charge in [-0.1, -0.05) is 29.3 Å². The summed E-state index contributed by atoms with van der Waals surface area (Å²) in [6.07, 6.45) is 0.621. The van der Waals surface area contributed by atoms with Crippen LogP contribution < -0.4 is 10.6 Å². The predicted octanol–water partition coefficient (Wildman–Crippen LogP) is 3.94. The standard InChI is InChI=1S/C19H20Cl2N2O3/c1-2-26-19(25)14-4-7-16(8-5-14)23-12-18(24)22-10-9-13-3-6-15(20)11-17(13)21/h3-8,11,23H,2,9-10,12H2,1H3,(H,22,24). The quantitative estimate of drug-likeness (QED) is 0.665. The number of benzene rings is 2. The fourth-order valence-electron chi connectivity index (χ4n) is 2.24. The number of hydrogen-bond donors (Lipinski definition) is 2. The lowest BCUT2D eigenvalue weighted by Crippen LogP contribution is -2.31. The fraction of sp³-hybridized carbons (Fsp3) is 0.263. The van der Waals surface area contributed by atoms with Crippen LogP contribution in [0.5, 0.6) is 0 Å². The Balaban J connectivity index is 1.73. The lowest BCUT2D eigenvalue weighted by atomic mass is 10.1. The second-order valence-corrected chi connectivity index (χ2v) is 6.33. The van der Waals surface area contributed by atoms with E-state index in [-0.39, 0.29) is 18.4 Å². The van der Waals surface area contributed by atoms with Gasteiger partial charge in [-0.2, -0.15) is 0 Å². The van der Waals surface area contributed by atoms with Crippen LogP contribution in [0.1, 0.15) is 22.8 Å². The second-order valence-electron chi connectivity index (χ2n) is 5.49. The maximum absolute atomic E-state index is 11.9. The highest BCUT2D eigenvalue weighted by molar-refractivity contribution is 6.35. The number of halogens is 2. The van der Waals surface area contributed by atoms with Gasteiger partial charge in [0.05, 0.1) is 18.7 Å². The lowest BCUT2D eigenvalue weighted by Gasteiger charge is -2.09. The molecule has 0 saturated carbocycles. The third-order valence-electron chi connectivity index (χ3n) is 3.58. The molecule has 0 spiro atoms. The van der Waals surface area contributed by atoms with Crippen LogP contribution in [-0.4, -0.2) is 31.6 Å². The zero-order valence-electron chi connectivity index (χ0n) is 14.4. The van der Waals surface area contributed by atoms with E-state index in [2.05, 4.69) is 10.6 Å². The van der Waals surface area contributed by atoms with E-state index in [1.807, 2.05) is 6.07 Å². The molecule has 5 nitrogen and oxygen atoms in total. The van der Waals surface area contributed by atoms with Gasteiger partial charge >= 0.3 is 5.97 Å². The van der Waals surface area contributed by atoms with Crippen molar-refractivity contribution in [1.82, 2.24) is 5.32 Å². The number of carbonyl (C=O) groups is 2. The van der Waals surface area contributed by atoms with Gasteiger partial charge in [0.15, 0.2) is 0 Å². The van der Waals surface area contributed by atoms with Crippen molar-refractivity contribution < 1.29 is 14.3 Å². The Labute approximate surface area is 162 Å². The second kappa shape index (κ2) is 10.0. The van der Waals surface area contributed by atoms with E-state index < -0.39 is 0 Å². The summed E-state index contributed by atoms with van der Waals surface area (Å²) in [5.74, 6) is -0.498. The number of ether oxygens (including phenoxy) is 1. The van der Waals surface area contributed by atoms with Gasteiger partial charge in [0, 0.05) is 22.3 Å². The van der Waals surface area contributed by atoms with E-state index in [1.165, 1.54) is 0 Å². The maximum Gasteiger partial charge on any atom is 0.338 e. The van der Waals surface area contributed by atoms with E-state index in [4.69, 9.17) is 27.9 Å². The van der Waals surface area contributed by atoms with Gasteiger partial charge in [0.1, 0.15) is 0 Å². The molecule has 7 heteroatoms. The summed E-state index contributed by atoms with van der Waals surface area (Å²) in [5.41, 5.74) is 2.15. The first-order valence-electron chi connectivity index (χ1n) is 8.21. The van der Waals surface area contributed by atoms with Crippen LogP contribution in [0.15, 0.2) is 42.5 Å². The largest absolute Gasteiger partial charge is 0.462 e. The average Bonchev–Trinajstić information content (AvgIpc) is 2.62. The van der Waals surface area contributed by atoms with Crippen molar-refractivity contribution in [3.63, 3.8) is 0 Å². The molecule has 0 fully saturated rings. The molecule has 2 aromatic carbocycles. The molecule has 0 aliphatic rings. The molecule has 0 bridgehead atoms. The Bertz CT molecular complexity index is 764. The van der Waals surface area contributed by atoms with E-state index in [1.54, 1.807) is 43.3 Å². The first-order valence-corrected chi connectivity index (χ1v) is 8.97. The van der Waals surface area contributed by atoms with E-state index >= 15 is 0 Å². The van der Waals surface area contributed by atoms with Gasteiger partial charge in [-0.05, 0) is 55.3 Å². The summed E-state index contributed by atoms with van der Waals surface area (Å²) < 4.78 is 4.92. The molecule has 0 aliphatic carbocycles. The predicted molar refractivity (Wildman–Crippen MR) is 104 cm³/mol. The summed E-state index contributed by atoms with van der Waals surface area (Å²) in [5, 5.41) is 7.00. The van der Waals surface area contributed by atoms with Crippen molar-refractivity contribution in [1.29, 1.82) is 0 Å². The molecule has 0 unspecified atom stereocenters. The Hall–Kier alpha value is -2.24. The van der Waals surface area contributed by atoms with Crippen LogP contribution in [0.25, 0.3) is 0 Å². The Morgan fingerprint density at radius 1 is 1.08 bits per heavy atom. The molecule has 138 valence electrons. The van der Waals surface area contributed by atoms with Gasteiger partial charge in [-0.25, -0.2) is 4.79 Å². The molecule has 26 heavy (non-hydrogen) atoms. The van der Waals surface area contributed by atoms with Crippen LogP contribution in [-0.2, 0) is 16.0 Å². The Morgan fingerprint density at radius 2 is 1.81 bits per heavy atom. The van der Waals surface area contributed by atoms with Crippen LogP contribution in [0.3, 0.4) is 0 Å². The molecule has 0 radical (unpaired) electrons. The zero-order valence-corrected chi connectivity index (χ0v) is 15.9. The van der Waals surface area contributed by atoms with Crippen molar-refractivity contribution in [2.75, 3.05) is 25.0 Å². The first-order chi connectivity index (χ1) is 12.5. The van der Waals surface area contributed by atoms with Crippen molar-refractivity contribution in [2.45, 2.75) is 13.3 Å². The first kappa shape index (κ1) is 20.1. The normalized spacial score (nSPS) is 10.3. The van der Waals surface area contributed by atoms with Gasteiger partial charge in [0.2, 0.25) is 5.91 Å². The smallest absolute Gasteiger partial charge is 0.338 e. The highest BCUT2D eigenvalue weighted by Crippen LogP contribution is 2.21. The van der Waals surface area contributed by atoms with E-state index in [9.17, 15) is 9.59 Å². The van der Waals surface area contributed by atoms with Gasteiger partial charge < -0.3 is 15.4 Å². The molecule has 0 heterocycles. The summed E-state index contributed by atoms with van der Waals surface area (Å²) in [6, 6.07) is 12.1. The monoisotopic (exact) mass is 394 g/mol. The molecule has 2 N–H and O–H groups in total. The number of nitrogens with one attached hydrogen (secondary N) is 2. The number of esters is 1. The van der Waals surface area contributed by atoms with Gasteiger partial charge in [0.25, 0.3) is 0 Å². The minimum Gasteiger partial charge on any atom is -0.462 e. The van der Waals surface area contributed by atoms with Crippen LogP contribution in [0.4, 0.5) is 5.69 Å². The third-order valence-corrected chi connectivity index (χ3v) is 4.17. The SMILES string of the molecule is CCOC(=O)c1ccc(NCC(=O)NCCc2ccc(Cl)cc2Cl)cc1. The van der Waals surface area contributed by atoms with Crippen molar-refractivity contribution in [3.05, 3.63) is 63.6 Å². The Kier molecular flexibility index (Phi) is 7.75. The summed E-state index contributed by atoms with van der Waals surface area (Å²) in [7, 11) is 0. The van der Waals surface area contributed by atoms with Crippen LogP contribution >= 0.6 is 23.2 Å². The van der Waals surface area contributed by atoms with Gasteiger partial charge in [-0.3, -0.25) is 4.79 Å². The average molecular weight is 395 g/mol. The number of hydrogen-bond acceptors (Lipinski definition) is 4. The molecule has 1 amide bonds. The van der Waals surface area contributed by atoms with Crippen molar-refractivity contribution in [2.24, 2.45) is 0 Å². The number of anilines is 1. The van der Waals surface area contributed by atoms with Gasteiger partial charge in [-0.15, -0.1) is 0 Å². The molecular formula is C19H20Cl2N2O3. The Morgan fingerprint density at radius 3 is 2.46 bits per heavy atom. The summed E-state index contributed by atoms with van der Waals surface area (Å²) in [4.78, 5) is 23.5. The lowest BCUT2D eigenvalue weighted by molar-refractivity contribution is -0.119. The van der Waals surface area contributed by atoms with Crippen molar-refractivity contribution in [3.8, 4) is 0 Å². The van der Waals surface area contributed by atoms with E-state index in [0.717, 1.165) is 11.3 Å². The topological polar surface area (TPSA) is 67.4 Å². The van der Waals surface area contributed by atoms with Crippen LogP contribution in [0.2, 0.25) is 10.0 Å². The number of rotatable bonds is 8. The highest BCUT2D eigenvalue weighted by Gasteiger charge is 2.07. The minimum absolute atomic E-state index is 0.132. The number of carbonyl (C=O) groups excluding carboxylic acids is 2. The van der Waals surface area contributed by atoms with Crippen LogP contribution in [0, 0.1) is 0 Å². The number of amides is 1. The maximum atomic E-state index is 11.9. The summed E-state index contributed by atoms with van der Waals surface area (Å²) >= 11 is 12.0. The zero-order chi connectivity index (χ0) is 18.9. The third kappa shape index (κ3) is 6.24. The fourth-order valence-corrected chi connectivity index (χ4v) is 2.75. The molecule has 0 aliphatic heterocycles. The molecule has 0 atom stereocenters. The van der Waals surface area contributed by atoms with Crippen molar-refractivity contribution >= 4 is 40.8 Å². The molecule has 0 saturated heterocycles. The molecule has 2 aromatic rings. The molecule has 2 rings (SSSR count). The molecule has 0 aromatic heterocycles. The molecular weight excluding hydrogens is 375 g/mol. The van der Waals surface area contributed by atoms with E-state index in [0.29, 0.717) is 35.2 Å². The highest BCUT2D eigenvalue weighted by atomic mass is 35.5.